The number of anilines is 1. The monoisotopic (exact) mass is 250 g/mol. The highest BCUT2D eigenvalue weighted by Gasteiger charge is 2.17. The van der Waals surface area contributed by atoms with E-state index in [1.54, 1.807) is 21.7 Å². The van der Waals surface area contributed by atoms with Crippen LogP contribution >= 0.6 is 0 Å². The van der Waals surface area contributed by atoms with Gasteiger partial charge < -0.3 is 20.1 Å². The molecule has 0 bridgehead atoms. The minimum atomic E-state index is 0.0356. The Balaban J connectivity index is 1.89. The quantitative estimate of drug-likeness (QED) is 0.859. The van der Waals surface area contributed by atoms with Gasteiger partial charge in [0.05, 0.1) is 5.69 Å². The van der Waals surface area contributed by atoms with Crippen molar-refractivity contribution in [2.45, 2.75) is 12.8 Å². The fraction of sp³-hybridized carbons (Fsp3) is 0.615. The van der Waals surface area contributed by atoms with Crippen LogP contribution in [0.1, 0.15) is 23.3 Å². The van der Waals surface area contributed by atoms with Crippen LogP contribution in [0.3, 0.4) is 0 Å². The first kappa shape index (κ1) is 13.0. The normalized spacial score (nSPS) is 16.1. The molecule has 0 saturated carbocycles. The van der Waals surface area contributed by atoms with Crippen molar-refractivity contribution < 1.29 is 4.79 Å². The maximum atomic E-state index is 12.2. The standard InChI is InChI=1S/C13H22N4O/c1-15(7-8-17-5-3-4-6-17)13(18)12-9-11(14)10-16(12)2/h9-10H,3-8,14H2,1-2H3. The van der Waals surface area contributed by atoms with E-state index in [9.17, 15) is 4.79 Å². The van der Waals surface area contributed by atoms with Crippen molar-refractivity contribution in [3.8, 4) is 0 Å². The molecule has 0 atom stereocenters. The first-order valence-electron chi connectivity index (χ1n) is 6.47. The van der Waals surface area contributed by atoms with Crippen molar-refractivity contribution in [1.29, 1.82) is 0 Å². The van der Waals surface area contributed by atoms with Crippen molar-refractivity contribution in [1.82, 2.24) is 14.4 Å². The maximum Gasteiger partial charge on any atom is 0.270 e. The first-order chi connectivity index (χ1) is 8.58. The molecule has 18 heavy (non-hydrogen) atoms. The summed E-state index contributed by atoms with van der Waals surface area (Å²) in [5.74, 6) is 0.0356. The van der Waals surface area contributed by atoms with Crippen LogP contribution in [0.25, 0.3) is 0 Å². The molecule has 1 aromatic heterocycles. The minimum Gasteiger partial charge on any atom is -0.397 e. The Bertz CT molecular complexity index is 421. The predicted molar refractivity (Wildman–Crippen MR) is 72.5 cm³/mol. The molecule has 2 rings (SSSR count). The summed E-state index contributed by atoms with van der Waals surface area (Å²) in [7, 11) is 3.69. The van der Waals surface area contributed by atoms with Crippen LogP contribution in [0.4, 0.5) is 5.69 Å². The number of carbonyl (C=O) groups is 1. The summed E-state index contributed by atoms with van der Waals surface area (Å²) in [6.45, 7) is 4.06. The average molecular weight is 250 g/mol. The number of likely N-dealkylation sites (tertiary alicyclic amines) is 1. The molecule has 1 aromatic rings. The zero-order chi connectivity index (χ0) is 13.1. The van der Waals surface area contributed by atoms with Crippen molar-refractivity contribution >= 4 is 11.6 Å². The highest BCUT2D eigenvalue weighted by Crippen LogP contribution is 2.11. The fourth-order valence-electron chi connectivity index (χ4n) is 2.40. The Morgan fingerprint density at radius 1 is 1.44 bits per heavy atom. The first-order valence-corrected chi connectivity index (χ1v) is 6.47. The number of nitrogens with zero attached hydrogens (tertiary/aromatic N) is 3. The molecule has 2 heterocycles. The topological polar surface area (TPSA) is 54.5 Å². The second-order valence-electron chi connectivity index (χ2n) is 5.05. The Morgan fingerprint density at radius 2 is 2.11 bits per heavy atom. The van der Waals surface area contributed by atoms with Gasteiger partial charge in [-0.25, -0.2) is 0 Å². The molecular formula is C13H22N4O. The van der Waals surface area contributed by atoms with E-state index in [2.05, 4.69) is 4.90 Å². The van der Waals surface area contributed by atoms with Crippen molar-refractivity contribution in [2.75, 3.05) is 39.0 Å². The molecule has 1 amide bonds. The number of aromatic nitrogens is 1. The Hall–Kier alpha value is -1.49. The van der Waals surface area contributed by atoms with Gasteiger partial charge in [0, 0.05) is 33.4 Å². The number of amides is 1. The summed E-state index contributed by atoms with van der Waals surface area (Å²) in [5.41, 5.74) is 6.97. The van der Waals surface area contributed by atoms with Crippen LogP contribution in [0.15, 0.2) is 12.3 Å². The highest BCUT2D eigenvalue weighted by atomic mass is 16.2. The molecule has 0 aliphatic carbocycles. The van der Waals surface area contributed by atoms with Gasteiger partial charge in [-0.15, -0.1) is 0 Å². The zero-order valence-electron chi connectivity index (χ0n) is 11.2. The van der Waals surface area contributed by atoms with E-state index in [1.165, 1.54) is 25.9 Å². The molecule has 0 aromatic carbocycles. The lowest BCUT2D eigenvalue weighted by molar-refractivity contribution is 0.0773. The van der Waals surface area contributed by atoms with E-state index in [1.807, 2.05) is 14.1 Å². The number of likely N-dealkylation sites (N-methyl/N-ethyl adjacent to an activating group) is 1. The van der Waals surface area contributed by atoms with Gasteiger partial charge in [0.15, 0.2) is 0 Å². The summed E-state index contributed by atoms with van der Waals surface area (Å²) in [4.78, 5) is 16.4. The van der Waals surface area contributed by atoms with Crippen molar-refractivity contribution in [3.63, 3.8) is 0 Å². The third-order valence-electron chi connectivity index (χ3n) is 3.54. The summed E-state index contributed by atoms with van der Waals surface area (Å²) < 4.78 is 1.78. The second-order valence-corrected chi connectivity index (χ2v) is 5.05. The van der Waals surface area contributed by atoms with Crippen LogP contribution in [0, 0.1) is 0 Å². The van der Waals surface area contributed by atoms with Gasteiger partial charge in [-0.1, -0.05) is 0 Å². The number of rotatable bonds is 4. The van der Waals surface area contributed by atoms with E-state index in [4.69, 9.17) is 5.73 Å². The van der Waals surface area contributed by atoms with Gasteiger partial charge in [0.1, 0.15) is 5.69 Å². The lowest BCUT2D eigenvalue weighted by Gasteiger charge is -2.21. The van der Waals surface area contributed by atoms with E-state index in [0.717, 1.165) is 13.1 Å². The molecule has 1 saturated heterocycles. The Labute approximate surface area is 108 Å². The smallest absolute Gasteiger partial charge is 0.270 e. The van der Waals surface area contributed by atoms with E-state index in [-0.39, 0.29) is 5.91 Å². The number of nitrogens with two attached hydrogens (primary N) is 1. The van der Waals surface area contributed by atoms with Gasteiger partial charge in [0.25, 0.3) is 5.91 Å². The highest BCUT2D eigenvalue weighted by molar-refractivity contribution is 5.93. The van der Waals surface area contributed by atoms with Gasteiger partial charge >= 0.3 is 0 Å². The van der Waals surface area contributed by atoms with Crippen LogP contribution in [0.2, 0.25) is 0 Å². The lowest BCUT2D eigenvalue weighted by Crippen LogP contribution is -2.35. The maximum absolute atomic E-state index is 12.2. The molecule has 0 radical (unpaired) electrons. The van der Waals surface area contributed by atoms with Gasteiger partial charge in [-0.2, -0.15) is 0 Å². The summed E-state index contributed by atoms with van der Waals surface area (Å²) in [6.07, 6.45) is 4.33. The molecule has 100 valence electrons. The molecule has 1 fully saturated rings. The summed E-state index contributed by atoms with van der Waals surface area (Å²) >= 11 is 0. The largest absolute Gasteiger partial charge is 0.397 e. The van der Waals surface area contributed by atoms with E-state index < -0.39 is 0 Å². The zero-order valence-corrected chi connectivity index (χ0v) is 11.2. The average Bonchev–Trinajstić information content (AvgIpc) is 2.94. The summed E-state index contributed by atoms with van der Waals surface area (Å²) in [5, 5.41) is 0. The minimum absolute atomic E-state index is 0.0356. The second kappa shape index (κ2) is 5.44. The van der Waals surface area contributed by atoms with Gasteiger partial charge in [-0.05, 0) is 32.0 Å². The predicted octanol–water partition coefficient (Wildman–Crippen LogP) is 0.775. The third kappa shape index (κ3) is 2.85. The molecule has 5 heteroatoms. The van der Waals surface area contributed by atoms with Crippen molar-refractivity contribution in [3.05, 3.63) is 18.0 Å². The summed E-state index contributed by atoms with van der Waals surface area (Å²) in [6, 6.07) is 1.73. The van der Waals surface area contributed by atoms with Crippen LogP contribution in [-0.4, -0.2) is 53.5 Å². The van der Waals surface area contributed by atoms with Gasteiger partial charge in [-0.3, -0.25) is 4.79 Å². The van der Waals surface area contributed by atoms with E-state index in [0.29, 0.717) is 11.4 Å². The van der Waals surface area contributed by atoms with Gasteiger partial charge in [0.2, 0.25) is 0 Å². The molecule has 0 unspecified atom stereocenters. The van der Waals surface area contributed by atoms with E-state index >= 15 is 0 Å². The SMILES string of the molecule is CN(CCN1CCCC1)C(=O)c1cc(N)cn1C. The van der Waals surface area contributed by atoms with Crippen molar-refractivity contribution in [2.24, 2.45) is 7.05 Å². The number of nitrogen functional groups attached to an aromatic ring is 1. The fourth-order valence-corrected chi connectivity index (χ4v) is 2.40. The molecule has 0 spiro atoms. The van der Waals surface area contributed by atoms with Crippen LogP contribution in [0.5, 0.6) is 0 Å². The molecule has 1 aliphatic rings. The number of aryl methyl sites for hydroxylation is 1. The van der Waals surface area contributed by atoms with Crippen LogP contribution in [-0.2, 0) is 7.05 Å². The Kier molecular flexibility index (Phi) is 3.91. The molecule has 1 aliphatic heterocycles. The molecular weight excluding hydrogens is 228 g/mol. The number of carbonyl (C=O) groups excluding carboxylic acids is 1. The third-order valence-corrected chi connectivity index (χ3v) is 3.54. The number of hydrogen-bond acceptors (Lipinski definition) is 3. The van der Waals surface area contributed by atoms with Crippen LogP contribution < -0.4 is 5.73 Å². The Morgan fingerprint density at radius 3 is 2.67 bits per heavy atom. The molecule has 5 nitrogen and oxygen atoms in total. The number of hydrogen-bond donors (Lipinski definition) is 1. The lowest BCUT2D eigenvalue weighted by atomic mass is 10.3. The molecule has 2 N–H and O–H groups in total.